The van der Waals surface area contributed by atoms with E-state index in [4.69, 9.17) is 9.47 Å². The van der Waals surface area contributed by atoms with E-state index in [-0.39, 0.29) is 37.1 Å². The van der Waals surface area contributed by atoms with E-state index in [0.717, 1.165) is 31.5 Å². The molecule has 6 heteroatoms. The van der Waals surface area contributed by atoms with Crippen molar-refractivity contribution >= 4 is 5.91 Å². The molecule has 6 nitrogen and oxygen atoms in total. The number of ether oxygens (including phenoxy) is 2. The van der Waals surface area contributed by atoms with E-state index in [9.17, 15) is 9.90 Å². The molecule has 0 aromatic heterocycles. The van der Waals surface area contributed by atoms with Gasteiger partial charge in [0.2, 0.25) is 5.91 Å². The largest absolute Gasteiger partial charge is 0.395 e. The van der Waals surface area contributed by atoms with E-state index in [1.807, 2.05) is 17.0 Å². The normalized spacial score (nSPS) is 25.0. The van der Waals surface area contributed by atoms with Crippen molar-refractivity contribution in [3.8, 4) is 11.8 Å². The molecule has 28 heavy (non-hydrogen) atoms. The Hall–Kier alpha value is -1.91. The first-order valence-corrected chi connectivity index (χ1v) is 9.90. The average molecular weight is 386 g/mol. The fourth-order valence-corrected chi connectivity index (χ4v) is 4.38. The number of rotatable bonds is 5. The van der Waals surface area contributed by atoms with Crippen LogP contribution in [0.25, 0.3) is 0 Å². The lowest BCUT2D eigenvalue weighted by atomic mass is 9.74. The van der Waals surface area contributed by atoms with Crippen molar-refractivity contribution in [1.29, 1.82) is 0 Å². The van der Waals surface area contributed by atoms with Gasteiger partial charge in [-0.15, -0.1) is 0 Å². The minimum atomic E-state index is 0.0410. The Morgan fingerprint density at radius 3 is 2.61 bits per heavy atom. The maximum Gasteiger partial charge on any atom is 0.248 e. The van der Waals surface area contributed by atoms with Gasteiger partial charge in [-0.2, -0.15) is 0 Å². The van der Waals surface area contributed by atoms with Crippen LogP contribution >= 0.6 is 0 Å². The van der Waals surface area contributed by atoms with E-state index < -0.39 is 0 Å². The van der Waals surface area contributed by atoms with E-state index in [0.29, 0.717) is 13.2 Å². The lowest BCUT2D eigenvalue weighted by Gasteiger charge is -2.57. The summed E-state index contributed by atoms with van der Waals surface area (Å²) in [6, 6.07) is 8.57. The number of amides is 1. The molecule has 0 bridgehead atoms. The quantitative estimate of drug-likeness (QED) is 0.768. The van der Waals surface area contributed by atoms with Crippen LogP contribution in [-0.4, -0.2) is 86.6 Å². The summed E-state index contributed by atoms with van der Waals surface area (Å²) in [6.45, 7) is 3.09. The summed E-state index contributed by atoms with van der Waals surface area (Å²) in [7, 11) is 3.18. The zero-order valence-electron chi connectivity index (χ0n) is 16.8. The Morgan fingerprint density at radius 1 is 1.18 bits per heavy atom. The summed E-state index contributed by atoms with van der Waals surface area (Å²) in [5.41, 5.74) is 2.14. The van der Waals surface area contributed by atoms with Gasteiger partial charge in [-0.1, -0.05) is 24.0 Å². The van der Waals surface area contributed by atoms with Crippen LogP contribution < -0.4 is 0 Å². The van der Waals surface area contributed by atoms with Gasteiger partial charge in [-0.3, -0.25) is 9.69 Å². The third-order valence-electron chi connectivity index (χ3n) is 5.74. The zero-order valence-corrected chi connectivity index (χ0v) is 16.8. The summed E-state index contributed by atoms with van der Waals surface area (Å²) in [5.74, 6) is 6.30. The monoisotopic (exact) mass is 386 g/mol. The Morgan fingerprint density at radius 2 is 1.93 bits per heavy atom. The lowest BCUT2D eigenvalue weighted by molar-refractivity contribution is -0.140. The molecule has 2 heterocycles. The highest BCUT2D eigenvalue weighted by Crippen LogP contribution is 2.41. The first kappa shape index (κ1) is 20.8. The smallest absolute Gasteiger partial charge is 0.248 e. The second-order valence-electron chi connectivity index (χ2n) is 7.42. The van der Waals surface area contributed by atoms with Crippen LogP contribution in [0.4, 0.5) is 0 Å². The van der Waals surface area contributed by atoms with Crippen LogP contribution in [0.2, 0.25) is 0 Å². The maximum atomic E-state index is 12.4. The summed E-state index contributed by atoms with van der Waals surface area (Å²) in [5, 5.41) is 10.00. The highest BCUT2D eigenvalue weighted by Gasteiger charge is 2.49. The van der Waals surface area contributed by atoms with Crippen molar-refractivity contribution in [2.24, 2.45) is 0 Å². The first-order valence-electron chi connectivity index (χ1n) is 9.90. The third-order valence-corrected chi connectivity index (χ3v) is 5.74. The Kier molecular flexibility index (Phi) is 7.46. The molecule has 0 spiro atoms. The number of hydrogen-bond donors (Lipinski definition) is 1. The van der Waals surface area contributed by atoms with E-state index in [1.54, 1.807) is 14.2 Å². The van der Waals surface area contributed by atoms with E-state index in [2.05, 4.69) is 28.9 Å². The summed E-state index contributed by atoms with van der Waals surface area (Å²) in [6.07, 6.45) is 2.01. The molecule has 2 aliphatic rings. The Bertz CT molecular complexity index is 709. The maximum absolute atomic E-state index is 12.4. The van der Waals surface area contributed by atoms with Gasteiger partial charge in [0.15, 0.2) is 0 Å². The number of methoxy groups -OCH3 is 2. The minimum absolute atomic E-state index is 0.0410. The molecule has 0 saturated carbocycles. The summed E-state index contributed by atoms with van der Waals surface area (Å²) < 4.78 is 10.0. The van der Waals surface area contributed by atoms with E-state index >= 15 is 0 Å². The van der Waals surface area contributed by atoms with E-state index in [1.165, 1.54) is 5.56 Å². The molecule has 3 atom stereocenters. The van der Waals surface area contributed by atoms with Gasteiger partial charge in [0.25, 0.3) is 0 Å². The van der Waals surface area contributed by atoms with Crippen LogP contribution in [0, 0.1) is 11.8 Å². The van der Waals surface area contributed by atoms with Crippen LogP contribution in [0.15, 0.2) is 24.3 Å². The molecule has 2 aliphatic heterocycles. The standard InChI is InChI=1S/C22H30N2O4/c1-27-13-5-6-17-7-9-18(10-8-17)22-19-14-23(21(26)16-28-2)11-3-4-12-24(19)20(22)15-25/h7-10,19-20,22,25H,3-4,11-16H2,1-2H3/t19-,20-,22-/m1/s1. The second kappa shape index (κ2) is 10.0. The van der Waals surface area contributed by atoms with Gasteiger partial charge < -0.3 is 19.5 Å². The van der Waals surface area contributed by atoms with Crippen molar-refractivity contribution in [3.63, 3.8) is 0 Å². The zero-order chi connectivity index (χ0) is 19.9. The molecule has 0 aliphatic carbocycles. The van der Waals surface area contributed by atoms with Gasteiger partial charge in [0.1, 0.15) is 13.2 Å². The first-order chi connectivity index (χ1) is 13.7. The number of benzene rings is 1. The molecule has 0 radical (unpaired) electrons. The number of hydrogen-bond acceptors (Lipinski definition) is 5. The lowest BCUT2D eigenvalue weighted by Crippen LogP contribution is -2.68. The fourth-order valence-electron chi connectivity index (χ4n) is 4.38. The molecular formula is C22H30N2O4. The van der Waals surface area contributed by atoms with Gasteiger partial charge in [0.05, 0.1) is 6.61 Å². The van der Waals surface area contributed by atoms with Gasteiger partial charge in [-0.05, 0) is 37.1 Å². The van der Waals surface area contributed by atoms with Crippen molar-refractivity contribution in [1.82, 2.24) is 9.80 Å². The highest BCUT2D eigenvalue weighted by molar-refractivity contribution is 5.77. The number of fused-ring (bicyclic) bond motifs is 1. The fraction of sp³-hybridized carbons (Fsp3) is 0.591. The number of carbonyl (C=O) groups is 1. The van der Waals surface area contributed by atoms with Crippen molar-refractivity contribution in [2.45, 2.75) is 30.8 Å². The van der Waals surface area contributed by atoms with Crippen LogP contribution in [0.3, 0.4) is 0 Å². The van der Waals surface area contributed by atoms with Crippen molar-refractivity contribution in [3.05, 3.63) is 35.4 Å². The van der Waals surface area contributed by atoms with Crippen LogP contribution in [0.1, 0.15) is 29.9 Å². The predicted octanol–water partition coefficient (Wildman–Crippen LogP) is 1.08. The number of aliphatic hydroxyl groups excluding tert-OH is 1. The van der Waals surface area contributed by atoms with Gasteiger partial charge in [-0.25, -0.2) is 0 Å². The van der Waals surface area contributed by atoms with Crippen molar-refractivity contribution < 1.29 is 19.4 Å². The number of carbonyl (C=O) groups excluding carboxylic acids is 1. The summed E-state index contributed by atoms with van der Waals surface area (Å²) in [4.78, 5) is 16.7. The van der Waals surface area contributed by atoms with Gasteiger partial charge >= 0.3 is 0 Å². The summed E-state index contributed by atoms with van der Waals surface area (Å²) >= 11 is 0. The molecule has 1 N–H and O–H groups in total. The van der Waals surface area contributed by atoms with Crippen molar-refractivity contribution in [2.75, 3.05) is 53.7 Å². The Labute approximate surface area is 167 Å². The molecule has 152 valence electrons. The van der Waals surface area contributed by atoms with Crippen LogP contribution in [0.5, 0.6) is 0 Å². The molecule has 3 rings (SSSR count). The molecule has 1 aromatic rings. The molecule has 2 saturated heterocycles. The Balaban J connectivity index is 1.77. The second-order valence-corrected chi connectivity index (χ2v) is 7.42. The van der Waals surface area contributed by atoms with Crippen LogP contribution in [-0.2, 0) is 14.3 Å². The average Bonchev–Trinajstić information content (AvgIpc) is 2.68. The molecular weight excluding hydrogens is 356 g/mol. The van der Waals surface area contributed by atoms with Gasteiger partial charge in [0, 0.05) is 50.9 Å². The molecule has 0 unspecified atom stereocenters. The molecule has 1 amide bonds. The molecule has 1 aromatic carbocycles. The number of aliphatic hydroxyl groups is 1. The highest BCUT2D eigenvalue weighted by atomic mass is 16.5. The third kappa shape index (κ3) is 4.56. The topological polar surface area (TPSA) is 62.2 Å². The number of nitrogens with zero attached hydrogens (tertiary/aromatic N) is 2. The SMILES string of the molecule is COCC#Cc1ccc([C@H]2[C@@H](CO)N3CCCCN(C(=O)COC)C[C@H]23)cc1. The minimum Gasteiger partial charge on any atom is -0.395 e. The predicted molar refractivity (Wildman–Crippen MR) is 107 cm³/mol. The molecule has 2 fully saturated rings.